The molecule has 0 radical (unpaired) electrons. The van der Waals surface area contributed by atoms with Crippen molar-refractivity contribution in [3.05, 3.63) is 37.3 Å². The SMILES string of the molecule is C=CC(=O)NC1CC(Nc2nc(Nc3cnn(C)c3)nc3c2ccn3COCC[Si](C)(C)C)C1. The smallest absolute Gasteiger partial charge is 0.243 e. The largest absolute Gasteiger partial charge is 0.366 e. The monoisotopic (exact) mass is 482 g/mol. The summed E-state index contributed by atoms with van der Waals surface area (Å²) in [5.41, 5.74) is 1.61. The van der Waals surface area contributed by atoms with Crippen LogP contribution in [0.25, 0.3) is 11.0 Å². The number of carbonyl (C=O) groups excluding carboxylic acids is 1. The van der Waals surface area contributed by atoms with Crippen LogP contribution in [-0.2, 0) is 23.3 Å². The van der Waals surface area contributed by atoms with E-state index in [-0.39, 0.29) is 18.0 Å². The van der Waals surface area contributed by atoms with Crippen LogP contribution in [0.5, 0.6) is 0 Å². The Balaban J connectivity index is 1.51. The number of aromatic nitrogens is 5. The van der Waals surface area contributed by atoms with E-state index in [0.29, 0.717) is 12.7 Å². The molecule has 182 valence electrons. The van der Waals surface area contributed by atoms with E-state index in [1.54, 1.807) is 10.9 Å². The normalized spacial score (nSPS) is 17.9. The third kappa shape index (κ3) is 6.03. The number of carbonyl (C=O) groups is 1. The number of amides is 1. The predicted molar refractivity (Wildman–Crippen MR) is 137 cm³/mol. The van der Waals surface area contributed by atoms with E-state index < -0.39 is 8.07 Å². The highest BCUT2D eigenvalue weighted by atomic mass is 28.3. The summed E-state index contributed by atoms with van der Waals surface area (Å²) in [4.78, 5) is 21.1. The van der Waals surface area contributed by atoms with Gasteiger partial charge in [0.1, 0.15) is 18.2 Å². The van der Waals surface area contributed by atoms with Crippen LogP contribution in [0.1, 0.15) is 12.8 Å². The molecule has 10 nitrogen and oxygen atoms in total. The van der Waals surface area contributed by atoms with Crippen LogP contribution >= 0.6 is 0 Å². The van der Waals surface area contributed by atoms with E-state index in [9.17, 15) is 4.79 Å². The van der Waals surface area contributed by atoms with Gasteiger partial charge in [0.15, 0.2) is 0 Å². The average Bonchev–Trinajstić information content (AvgIpc) is 3.34. The van der Waals surface area contributed by atoms with Crippen LogP contribution in [-0.4, -0.2) is 57.0 Å². The molecular formula is C23H34N8O2Si. The zero-order valence-corrected chi connectivity index (χ0v) is 21.3. The van der Waals surface area contributed by atoms with Crippen molar-refractivity contribution in [3.8, 4) is 0 Å². The highest BCUT2D eigenvalue weighted by molar-refractivity contribution is 6.76. The van der Waals surface area contributed by atoms with E-state index in [0.717, 1.165) is 48.0 Å². The molecule has 3 N–H and O–H groups in total. The Morgan fingerprint density at radius 3 is 2.76 bits per heavy atom. The maximum atomic E-state index is 11.5. The lowest BCUT2D eigenvalue weighted by atomic mass is 9.86. The zero-order chi connectivity index (χ0) is 24.3. The van der Waals surface area contributed by atoms with Gasteiger partial charge in [-0.15, -0.1) is 0 Å². The van der Waals surface area contributed by atoms with Gasteiger partial charge in [0.2, 0.25) is 11.9 Å². The molecule has 0 unspecified atom stereocenters. The number of ether oxygens (including phenoxy) is 1. The molecule has 4 rings (SSSR count). The van der Waals surface area contributed by atoms with Gasteiger partial charge < -0.3 is 25.3 Å². The van der Waals surface area contributed by atoms with Crippen molar-refractivity contribution < 1.29 is 9.53 Å². The molecule has 3 aromatic rings. The number of fused-ring (bicyclic) bond motifs is 1. The predicted octanol–water partition coefficient (Wildman–Crippen LogP) is 3.47. The van der Waals surface area contributed by atoms with Gasteiger partial charge in [-0.1, -0.05) is 26.2 Å². The van der Waals surface area contributed by atoms with E-state index in [4.69, 9.17) is 14.7 Å². The van der Waals surface area contributed by atoms with E-state index >= 15 is 0 Å². The average molecular weight is 483 g/mol. The Labute approximate surface area is 200 Å². The molecule has 3 aromatic heterocycles. The number of anilines is 3. The third-order valence-corrected chi connectivity index (χ3v) is 7.52. The molecule has 1 saturated carbocycles. The Bertz CT molecular complexity index is 1160. The van der Waals surface area contributed by atoms with Gasteiger partial charge in [-0.25, -0.2) is 0 Å². The summed E-state index contributed by atoms with van der Waals surface area (Å²) in [6, 6.07) is 3.50. The Morgan fingerprint density at radius 1 is 1.29 bits per heavy atom. The van der Waals surface area contributed by atoms with Crippen LogP contribution in [0.2, 0.25) is 25.7 Å². The minimum Gasteiger partial charge on any atom is -0.366 e. The van der Waals surface area contributed by atoms with Crippen LogP contribution < -0.4 is 16.0 Å². The Kier molecular flexibility index (Phi) is 7.03. The molecule has 1 fully saturated rings. The fourth-order valence-electron chi connectivity index (χ4n) is 3.80. The number of hydrogen-bond acceptors (Lipinski definition) is 7. The lowest BCUT2D eigenvalue weighted by molar-refractivity contribution is -0.117. The topological polar surface area (TPSA) is 111 Å². The molecule has 1 amide bonds. The quantitative estimate of drug-likeness (QED) is 0.218. The fraction of sp³-hybridized carbons (Fsp3) is 0.478. The summed E-state index contributed by atoms with van der Waals surface area (Å²) in [7, 11) is 0.718. The van der Waals surface area contributed by atoms with Crippen LogP contribution in [0.3, 0.4) is 0 Å². The van der Waals surface area contributed by atoms with E-state index in [2.05, 4.69) is 47.3 Å². The van der Waals surface area contributed by atoms with Gasteiger partial charge in [0.25, 0.3) is 0 Å². The Hall–Kier alpha value is -3.18. The molecule has 0 aromatic carbocycles. The van der Waals surface area contributed by atoms with Crippen molar-refractivity contribution in [2.45, 2.75) is 57.3 Å². The summed E-state index contributed by atoms with van der Waals surface area (Å²) in [5.74, 6) is 1.11. The van der Waals surface area contributed by atoms with Crippen molar-refractivity contribution in [2.24, 2.45) is 7.05 Å². The first kappa shape index (κ1) is 24.0. The first-order valence-electron chi connectivity index (χ1n) is 11.6. The highest BCUT2D eigenvalue weighted by Crippen LogP contribution is 2.29. The van der Waals surface area contributed by atoms with Gasteiger partial charge in [-0.3, -0.25) is 9.48 Å². The molecule has 0 spiro atoms. The Morgan fingerprint density at radius 2 is 2.09 bits per heavy atom. The minimum atomic E-state index is -1.15. The molecule has 11 heteroatoms. The second kappa shape index (κ2) is 9.98. The molecule has 34 heavy (non-hydrogen) atoms. The molecule has 0 aliphatic heterocycles. The summed E-state index contributed by atoms with van der Waals surface area (Å²) < 4.78 is 9.71. The molecule has 3 heterocycles. The van der Waals surface area contributed by atoms with Crippen molar-refractivity contribution in [3.63, 3.8) is 0 Å². The highest BCUT2D eigenvalue weighted by Gasteiger charge is 2.30. The second-order valence-electron chi connectivity index (χ2n) is 10.0. The maximum Gasteiger partial charge on any atom is 0.243 e. The first-order chi connectivity index (χ1) is 16.2. The summed E-state index contributed by atoms with van der Waals surface area (Å²) >= 11 is 0. The van der Waals surface area contributed by atoms with Gasteiger partial charge in [0, 0.05) is 46.2 Å². The van der Waals surface area contributed by atoms with Gasteiger partial charge in [-0.2, -0.15) is 15.1 Å². The summed E-state index contributed by atoms with van der Waals surface area (Å²) in [6.45, 7) is 11.7. The van der Waals surface area contributed by atoms with Gasteiger partial charge >= 0.3 is 0 Å². The van der Waals surface area contributed by atoms with Crippen molar-refractivity contribution in [1.82, 2.24) is 29.6 Å². The second-order valence-corrected chi connectivity index (χ2v) is 15.6. The van der Waals surface area contributed by atoms with Crippen LogP contribution in [0.4, 0.5) is 17.5 Å². The number of nitrogens with zero attached hydrogens (tertiary/aromatic N) is 5. The lowest BCUT2D eigenvalue weighted by Gasteiger charge is -2.36. The number of aryl methyl sites for hydroxylation is 1. The fourth-order valence-corrected chi connectivity index (χ4v) is 4.56. The van der Waals surface area contributed by atoms with E-state index in [1.807, 2.05) is 30.1 Å². The third-order valence-electron chi connectivity index (χ3n) is 5.82. The van der Waals surface area contributed by atoms with Gasteiger partial charge in [0.05, 0.1) is 17.3 Å². The van der Waals surface area contributed by atoms with E-state index in [1.165, 1.54) is 6.08 Å². The molecule has 0 saturated heterocycles. The van der Waals surface area contributed by atoms with Crippen molar-refractivity contribution in [1.29, 1.82) is 0 Å². The van der Waals surface area contributed by atoms with Crippen LogP contribution in [0, 0.1) is 0 Å². The maximum absolute atomic E-state index is 11.5. The van der Waals surface area contributed by atoms with Gasteiger partial charge in [-0.05, 0) is 31.0 Å². The number of nitrogens with one attached hydrogen (secondary N) is 3. The standard InChI is InChI=1S/C23H34N8O2Si/c1-6-20(32)25-16-11-17(12-16)26-21-19-7-8-31(15-33-9-10-34(3,4)5)22(19)29-23(28-21)27-18-13-24-30(2)14-18/h6-8,13-14,16-17H,1,9-12,15H2,2-5H3,(H,25,32)(H2,26,27,28,29). The minimum absolute atomic E-state index is 0.137. The first-order valence-corrected chi connectivity index (χ1v) is 15.3. The van der Waals surface area contributed by atoms with Crippen molar-refractivity contribution in [2.75, 3.05) is 17.2 Å². The molecule has 1 aliphatic rings. The summed E-state index contributed by atoms with van der Waals surface area (Å²) in [6.07, 6.45) is 8.56. The molecule has 1 aliphatic carbocycles. The summed E-state index contributed by atoms with van der Waals surface area (Å²) in [5, 5.41) is 14.9. The number of hydrogen-bond donors (Lipinski definition) is 3. The zero-order valence-electron chi connectivity index (χ0n) is 20.3. The van der Waals surface area contributed by atoms with Crippen molar-refractivity contribution >= 4 is 42.5 Å². The molecule has 0 bridgehead atoms. The van der Waals surface area contributed by atoms with Crippen LogP contribution in [0.15, 0.2) is 37.3 Å². The number of rotatable bonds is 11. The molecule has 0 atom stereocenters. The lowest BCUT2D eigenvalue weighted by Crippen LogP contribution is -2.49. The molecular weight excluding hydrogens is 448 g/mol.